The van der Waals surface area contributed by atoms with E-state index in [1.54, 1.807) is 0 Å². The maximum atomic E-state index is 12.0. The van der Waals surface area contributed by atoms with Crippen molar-refractivity contribution < 1.29 is 19.4 Å². The molecule has 0 aliphatic heterocycles. The van der Waals surface area contributed by atoms with Gasteiger partial charge in [0, 0.05) is 17.8 Å². The summed E-state index contributed by atoms with van der Waals surface area (Å²) in [6, 6.07) is -1.07. The van der Waals surface area contributed by atoms with Crippen LogP contribution in [0.1, 0.15) is 23.4 Å². The van der Waals surface area contributed by atoms with Crippen molar-refractivity contribution in [3.8, 4) is 0 Å². The molecule has 132 valence electrons. The molecule has 0 radical (unpaired) electrons. The Morgan fingerprint density at radius 3 is 2.50 bits per heavy atom. The lowest BCUT2D eigenvalue weighted by Crippen LogP contribution is -2.44. The molecule has 0 aromatic carbocycles. The minimum absolute atomic E-state index is 0.101. The molecular weight excluding hydrogens is 330 g/mol. The summed E-state index contributed by atoms with van der Waals surface area (Å²) in [7, 11) is 0. The Kier molecular flexibility index (Phi) is 8.42. The van der Waals surface area contributed by atoms with Crippen molar-refractivity contribution in [1.29, 1.82) is 0 Å². The Balaban J connectivity index is 2.61. The fourth-order valence-corrected chi connectivity index (χ4v) is 2.57. The molecule has 8 heteroatoms. The molecule has 1 heterocycles. The minimum Gasteiger partial charge on any atom is -0.480 e. The summed E-state index contributed by atoms with van der Waals surface area (Å²) < 4.78 is 5.10. The molecule has 7 nitrogen and oxygen atoms in total. The maximum Gasteiger partial charge on any atom is 0.328 e. The predicted octanol–water partition coefficient (Wildman–Crippen LogP) is 1.52. The lowest BCUT2D eigenvalue weighted by molar-refractivity contribution is -0.143. The average Bonchev–Trinajstić information content (AvgIpc) is 2.52. The highest BCUT2D eigenvalue weighted by Gasteiger charge is 2.20. The van der Waals surface area contributed by atoms with Crippen molar-refractivity contribution in [2.45, 2.75) is 37.9 Å². The van der Waals surface area contributed by atoms with Gasteiger partial charge in [-0.2, -0.15) is 0 Å². The third kappa shape index (κ3) is 6.29. The first-order valence-electron chi connectivity index (χ1n) is 7.48. The van der Waals surface area contributed by atoms with Gasteiger partial charge >= 0.3 is 5.97 Å². The monoisotopic (exact) mass is 353 g/mol. The van der Waals surface area contributed by atoms with E-state index in [0.29, 0.717) is 11.6 Å². The van der Waals surface area contributed by atoms with Crippen molar-refractivity contribution in [3.63, 3.8) is 0 Å². The van der Waals surface area contributed by atoms with Crippen molar-refractivity contribution in [3.05, 3.63) is 29.6 Å². The Bertz CT molecular complexity index is 584. The number of hydrogen-bond donors (Lipinski definition) is 2. The van der Waals surface area contributed by atoms with Gasteiger partial charge < -0.3 is 15.2 Å². The molecule has 0 saturated carbocycles. The van der Waals surface area contributed by atoms with Crippen LogP contribution in [0.15, 0.2) is 17.8 Å². The zero-order valence-electron chi connectivity index (χ0n) is 14.2. The summed E-state index contributed by atoms with van der Waals surface area (Å²) in [5, 5.41) is 12.3. The van der Waals surface area contributed by atoms with Crippen LogP contribution in [0, 0.1) is 13.8 Å². The highest BCUT2D eigenvalue weighted by Crippen LogP contribution is 2.17. The number of carbonyl (C=O) groups is 2. The van der Waals surface area contributed by atoms with Gasteiger partial charge in [0.1, 0.15) is 0 Å². The molecule has 1 amide bonds. The number of nitrogens with one attached hydrogen (secondary N) is 1. The van der Waals surface area contributed by atoms with Crippen LogP contribution in [0.5, 0.6) is 0 Å². The van der Waals surface area contributed by atoms with Crippen LogP contribution in [0.4, 0.5) is 0 Å². The van der Waals surface area contributed by atoms with Gasteiger partial charge in [0.25, 0.3) is 0 Å². The molecule has 0 bridgehead atoms. The highest BCUT2D eigenvalue weighted by molar-refractivity contribution is 7.98. The van der Waals surface area contributed by atoms with Gasteiger partial charge in [-0.05, 0) is 32.1 Å². The quantitative estimate of drug-likeness (QED) is 0.285. The lowest BCUT2D eigenvalue weighted by atomic mass is 10.1. The van der Waals surface area contributed by atoms with Crippen LogP contribution in [-0.2, 0) is 20.7 Å². The van der Waals surface area contributed by atoms with E-state index >= 15 is 0 Å². The number of hydrogen-bond acceptors (Lipinski definition) is 6. The zero-order chi connectivity index (χ0) is 18.1. The second-order valence-corrected chi connectivity index (χ2v) is 5.92. The molecule has 0 saturated heterocycles. The van der Waals surface area contributed by atoms with E-state index in [1.165, 1.54) is 17.8 Å². The van der Waals surface area contributed by atoms with Gasteiger partial charge in [-0.3, -0.25) is 4.79 Å². The molecule has 1 rings (SSSR count). The van der Waals surface area contributed by atoms with Crippen LogP contribution in [-0.4, -0.2) is 52.5 Å². The Labute approximate surface area is 145 Å². The third-order valence-electron chi connectivity index (χ3n) is 3.34. The molecule has 1 aromatic heterocycles. The van der Waals surface area contributed by atoms with Crippen LogP contribution >= 0.6 is 11.8 Å². The molecule has 1 unspecified atom stereocenters. The summed E-state index contributed by atoms with van der Waals surface area (Å²) >= 11 is 1.46. The standard InChI is InChI=1S/C16H23N3O4S/c1-5-8-23-9-13(15(21)22)19-14(20)7-6-12-10(2)17-16(24-4)18-11(12)3/h5,13H,1,6-9H2,2-4H3,(H,19,20)(H,21,22). The molecule has 1 atom stereocenters. The van der Waals surface area contributed by atoms with E-state index in [9.17, 15) is 9.59 Å². The van der Waals surface area contributed by atoms with Gasteiger partial charge in [0.2, 0.25) is 5.91 Å². The number of aromatic nitrogens is 2. The molecular formula is C16H23N3O4S. The maximum absolute atomic E-state index is 12.0. The fraction of sp³-hybridized carbons (Fsp3) is 0.500. The summed E-state index contributed by atoms with van der Waals surface area (Å²) in [4.78, 5) is 31.9. The van der Waals surface area contributed by atoms with E-state index in [-0.39, 0.29) is 25.5 Å². The van der Waals surface area contributed by atoms with Crippen molar-refractivity contribution in [2.75, 3.05) is 19.5 Å². The van der Waals surface area contributed by atoms with Crippen LogP contribution in [0.3, 0.4) is 0 Å². The highest BCUT2D eigenvalue weighted by atomic mass is 32.2. The summed E-state index contributed by atoms with van der Waals surface area (Å²) in [6.45, 7) is 7.37. The van der Waals surface area contributed by atoms with E-state index in [2.05, 4.69) is 21.9 Å². The Morgan fingerprint density at radius 1 is 1.38 bits per heavy atom. The van der Waals surface area contributed by atoms with Gasteiger partial charge in [-0.25, -0.2) is 14.8 Å². The number of carbonyl (C=O) groups excluding carboxylic acids is 1. The van der Waals surface area contributed by atoms with Crippen molar-refractivity contribution in [1.82, 2.24) is 15.3 Å². The number of aliphatic carboxylic acids is 1. The van der Waals surface area contributed by atoms with E-state index in [1.807, 2.05) is 20.1 Å². The van der Waals surface area contributed by atoms with E-state index < -0.39 is 12.0 Å². The van der Waals surface area contributed by atoms with E-state index in [4.69, 9.17) is 9.84 Å². The number of thioether (sulfide) groups is 1. The third-order valence-corrected chi connectivity index (χ3v) is 3.89. The minimum atomic E-state index is -1.13. The molecule has 0 fully saturated rings. The number of carboxylic acid groups (broad SMARTS) is 1. The van der Waals surface area contributed by atoms with Crippen LogP contribution in [0.2, 0.25) is 0 Å². The SMILES string of the molecule is C=CCOCC(NC(=O)CCc1c(C)nc(SC)nc1C)C(=O)O. The average molecular weight is 353 g/mol. The molecule has 1 aromatic rings. The van der Waals surface area contributed by atoms with Gasteiger partial charge in [-0.1, -0.05) is 17.8 Å². The van der Waals surface area contributed by atoms with Gasteiger partial charge in [0.15, 0.2) is 11.2 Å². The molecule has 0 spiro atoms. The summed E-state index contributed by atoms with van der Waals surface area (Å²) in [6.07, 6.45) is 4.04. The Morgan fingerprint density at radius 2 is 2.00 bits per heavy atom. The molecule has 0 aliphatic rings. The van der Waals surface area contributed by atoms with Crippen molar-refractivity contribution in [2.24, 2.45) is 0 Å². The number of ether oxygens (including phenoxy) is 1. The smallest absolute Gasteiger partial charge is 0.328 e. The first kappa shape index (κ1) is 20.1. The lowest BCUT2D eigenvalue weighted by Gasteiger charge is -2.15. The molecule has 0 aliphatic carbocycles. The van der Waals surface area contributed by atoms with Gasteiger partial charge in [-0.15, -0.1) is 6.58 Å². The predicted molar refractivity (Wildman–Crippen MR) is 92.2 cm³/mol. The topological polar surface area (TPSA) is 101 Å². The second kappa shape index (κ2) is 10.0. The first-order valence-corrected chi connectivity index (χ1v) is 8.70. The zero-order valence-corrected chi connectivity index (χ0v) is 15.0. The summed E-state index contributed by atoms with van der Waals surface area (Å²) in [5.74, 6) is -1.48. The number of rotatable bonds is 10. The number of aryl methyl sites for hydroxylation is 2. The fourth-order valence-electron chi connectivity index (χ4n) is 2.11. The van der Waals surface area contributed by atoms with Crippen molar-refractivity contribution >= 4 is 23.6 Å². The molecule has 24 heavy (non-hydrogen) atoms. The Hall–Kier alpha value is -1.93. The second-order valence-electron chi connectivity index (χ2n) is 5.14. The normalized spacial score (nSPS) is 11.8. The number of nitrogens with zero attached hydrogens (tertiary/aromatic N) is 2. The summed E-state index contributed by atoms with van der Waals surface area (Å²) in [5.41, 5.74) is 2.59. The van der Waals surface area contributed by atoms with Gasteiger partial charge in [0.05, 0.1) is 13.2 Å². The van der Waals surface area contributed by atoms with Crippen LogP contribution < -0.4 is 5.32 Å². The van der Waals surface area contributed by atoms with Crippen LogP contribution in [0.25, 0.3) is 0 Å². The largest absolute Gasteiger partial charge is 0.480 e. The van der Waals surface area contributed by atoms with E-state index in [0.717, 1.165) is 17.0 Å². The number of carboxylic acids is 1. The first-order chi connectivity index (χ1) is 11.4. The molecule has 2 N–H and O–H groups in total. The number of amides is 1.